The maximum atomic E-state index is 13.5. The standard InChI is InChI=1S/C18H14F4N4O2S/c19-12-6-2-4-8-14(12)28-9-15-24-17(26-25-15)29-10-16(27)23-13-7-3-1-5-11(13)18(20,21)22/h1-8H,9-10H2,(H,23,27)(H,24,25,26). The van der Waals surface area contributed by atoms with Crippen molar-refractivity contribution in [2.45, 2.75) is 17.9 Å². The fraction of sp³-hybridized carbons (Fsp3) is 0.167. The number of benzene rings is 2. The molecule has 1 aromatic heterocycles. The topological polar surface area (TPSA) is 79.9 Å². The molecule has 11 heteroatoms. The third-order valence-corrected chi connectivity index (χ3v) is 4.40. The average Bonchev–Trinajstić information content (AvgIpc) is 3.13. The Kier molecular flexibility index (Phi) is 6.37. The predicted molar refractivity (Wildman–Crippen MR) is 97.9 cm³/mol. The van der Waals surface area contributed by atoms with Crippen LogP contribution >= 0.6 is 11.8 Å². The smallest absolute Gasteiger partial charge is 0.418 e. The number of rotatable bonds is 7. The monoisotopic (exact) mass is 426 g/mol. The van der Waals surface area contributed by atoms with Crippen LogP contribution in [0.15, 0.2) is 53.7 Å². The van der Waals surface area contributed by atoms with E-state index in [4.69, 9.17) is 4.74 Å². The van der Waals surface area contributed by atoms with Crippen molar-refractivity contribution in [1.82, 2.24) is 15.2 Å². The number of halogens is 4. The van der Waals surface area contributed by atoms with Crippen molar-refractivity contribution in [3.63, 3.8) is 0 Å². The number of thioether (sulfide) groups is 1. The molecule has 6 nitrogen and oxygen atoms in total. The maximum Gasteiger partial charge on any atom is 0.418 e. The van der Waals surface area contributed by atoms with Gasteiger partial charge in [0, 0.05) is 0 Å². The molecule has 0 aliphatic rings. The van der Waals surface area contributed by atoms with E-state index in [1.807, 2.05) is 0 Å². The first-order chi connectivity index (χ1) is 13.8. The van der Waals surface area contributed by atoms with Crippen molar-refractivity contribution in [2.24, 2.45) is 0 Å². The number of carbonyl (C=O) groups is 1. The molecule has 0 radical (unpaired) electrons. The van der Waals surface area contributed by atoms with E-state index in [1.165, 1.54) is 36.4 Å². The number of hydrogen-bond donors (Lipinski definition) is 2. The third kappa shape index (κ3) is 5.70. The number of ether oxygens (including phenoxy) is 1. The SMILES string of the molecule is O=C(CSc1n[nH]c(COc2ccccc2F)n1)Nc1ccccc1C(F)(F)F. The second-order valence-corrected chi connectivity index (χ2v) is 6.61. The van der Waals surface area contributed by atoms with Crippen LogP contribution in [0, 0.1) is 5.82 Å². The summed E-state index contributed by atoms with van der Waals surface area (Å²) in [7, 11) is 0. The molecule has 3 rings (SSSR count). The molecule has 1 heterocycles. The summed E-state index contributed by atoms with van der Waals surface area (Å²) >= 11 is 0.930. The zero-order valence-corrected chi connectivity index (χ0v) is 15.5. The number of para-hydroxylation sites is 2. The minimum Gasteiger partial charge on any atom is -0.483 e. The van der Waals surface area contributed by atoms with Crippen LogP contribution in [0.1, 0.15) is 11.4 Å². The highest BCUT2D eigenvalue weighted by Gasteiger charge is 2.33. The second kappa shape index (κ2) is 8.95. The highest BCUT2D eigenvalue weighted by molar-refractivity contribution is 7.99. The van der Waals surface area contributed by atoms with Crippen LogP contribution in [0.3, 0.4) is 0 Å². The number of alkyl halides is 3. The molecule has 0 bridgehead atoms. The van der Waals surface area contributed by atoms with Gasteiger partial charge in [-0.25, -0.2) is 9.37 Å². The van der Waals surface area contributed by atoms with E-state index in [0.29, 0.717) is 5.82 Å². The summed E-state index contributed by atoms with van der Waals surface area (Å²) in [6.07, 6.45) is -4.58. The molecular formula is C18H14F4N4O2S. The highest BCUT2D eigenvalue weighted by Crippen LogP contribution is 2.34. The van der Waals surface area contributed by atoms with E-state index in [2.05, 4.69) is 20.5 Å². The molecule has 0 aliphatic carbocycles. The first-order valence-corrected chi connectivity index (χ1v) is 9.19. The lowest BCUT2D eigenvalue weighted by atomic mass is 10.1. The Hall–Kier alpha value is -3.08. The van der Waals surface area contributed by atoms with Crippen LogP contribution in [-0.4, -0.2) is 26.8 Å². The lowest BCUT2D eigenvalue weighted by Crippen LogP contribution is -2.18. The number of aromatic amines is 1. The van der Waals surface area contributed by atoms with Crippen LogP contribution < -0.4 is 10.1 Å². The molecule has 152 valence electrons. The molecule has 29 heavy (non-hydrogen) atoms. The van der Waals surface area contributed by atoms with Gasteiger partial charge in [-0.2, -0.15) is 13.2 Å². The van der Waals surface area contributed by atoms with Crippen LogP contribution in [0.4, 0.5) is 23.2 Å². The second-order valence-electron chi connectivity index (χ2n) is 5.66. The minimum atomic E-state index is -4.58. The predicted octanol–water partition coefficient (Wildman–Crippen LogP) is 4.27. The summed E-state index contributed by atoms with van der Waals surface area (Å²) in [4.78, 5) is 16.1. The molecule has 0 unspecified atom stereocenters. The fourth-order valence-corrected chi connectivity index (χ4v) is 2.89. The van der Waals surface area contributed by atoms with Gasteiger partial charge < -0.3 is 10.1 Å². The number of nitrogens with one attached hydrogen (secondary N) is 2. The van der Waals surface area contributed by atoms with E-state index in [0.717, 1.165) is 17.8 Å². The third-order valence-electron chi connectivity index (χ3n) is 3.55. The fourth-order valence-electron chi connectivity index (χ4n) is 2.27. The Labute approximate surface area is 166 Å². The zero-order valence-electron chi connectivity index (χ0n) is 14.7. The lowest BCUT2D eigenvalue weighted by Gasteiger charge is -2.13. The molecule has 1 amide bonds. The molecule has 0 aliphatic heterocycles. The molecule has 0 atom stereocenters. The van der Waals surface area contributed by atoms with Crippen molar-refractivity contribution in [3.8, 4) is 5.75 Å². The molecule has 2 N–H and O–H groups in total. The van der Waals surface area contributed by atoms with Gasteiger partial charge in [0.1, 0.15) is 6.61 Å². The van der Waals surface area contributed by atoms with E-state index in [1.54, 1.807) is 6.07 Å². The number of carbonyl (C=O) groups excluding carboxylic acids is 1. The summed E-state index contributed by atoms with van der Waals surface area (Å²) in [5.41, 5.74) is -1.25. The maximum absolute atomic E-state index is 13.5. The summed E-state index contributed by atoms with van der Waals surface area (Å²) in [5.74, 6) is -0.991. The van der Waals surface area contributed by atoms with E-state index < -0.39 is 23.5 Å². The Morgan fingerprint density at radius 2 is 1.86 bits per heavy atom. The van der Waals surface area contributed by atoms with Gasteiger partial charge in [-0.3, -0.25) is 9.89 Å². The number of hydrogen-bond acceptors (Lipinski definition) is 5. The Morgan fingerprint density at radius 3 is 2.62 bits per heavy atom. The van der Waals surface area contributed by atoms with Gasteiger partial charge in [0.15, 0.2) is 17.4 Å². The van der Waals surface area contributed by atoms with Gasteiger partial charge >= 0.3 is 6.18 Å². The van der Waals surface area contributed by atoms with Crippen LogP contribution in [-0.2, 0) is 17.6 Å². The average molecular weight is 426 g/mol. The summed E-state index contributed by atoms with van der Waals surface area (Å²) in [6, 6.07) is 10.6. The molecule has 0 saturated heterocycles. The number of nitrogens with zero attached hydrogens (tertiary/aromatic N) is 2. The summed E-state index contributed by atoms with van der Waals surface area (Å²) in [5, 5.41) is 8.91. The van der Waals surface area contributed by atoms with Crippen molar-refractivity contribution in [2.75, 3.05) is 11.1 Å². The number of anilines is 1. The van der Waals surface area contributed by atoms with Crippen LogP contribution in [0.2, 0.25) is 0 Å². The van der Waals surface area contributed by atoms with Crippen molar-refractivity contribution >= 4 is 23.4 Å². The van der Waals surface area contributed by atoms with Crippen molar-refractivity contribution < 1.29 is 27.1 Å². The largest absolute Gasteiger partial charge is 0.483 e. The van der Waals surface area contributed by atoms with Crippen LogP contribution in [0.5, 0.6) is 5.75 Å². The van der Waals surface area contributed by atoms with E-state index >= 15 is 0 Å². The molecule has 3 aromatic rings. The van der Waals surface area contributed by atoms with Gasteiger partial charge in [-0.15, -0.1) is 5.10 Å². The van der Waals surface area contributed by atoms with E-state index in [9.17, 15) is 22.4 Å². The van der Waals surface area contributed by atoms with E-state index in [-0.39, 0.29) is 29.0 Å². The molecule has 0 saturated carbocycles. The normalized spacial score (nSPS) is 11.3. The number of aromatic nitrogens is 3. The van der Waals surface area contributed by atoms with Crippen LogP contribution in [0.25, 0.3) is 0 Å². The summed E-state index contributed by atoms with van der Waals surface area (Å²) in [6.45, 7) is -0.0698. The number of amides is 1. The van der Waals surface area contributed by atoms with Crippen molar-refractivity contribution in [3.05, 3.63) is 65.7 Å². The summed E-state index contributed by atoms with van der Waals surface area (Å²) < 4.78 is 57.6. The molecule has 0 spiro atoms. The molecule has 0 fully saturated rings. The van der Waals surface area contributed by atoms with Crippen molar-refractivity contribution in [1.29, 1.82) is 0 Å². The Bertz CT molecular complexity index is 994. The quantitative estimate of drug-likeness (QED) is 0.436. The van der Waals surface area contributed by atoms with Gasteiger partial charge in [0.25, 0.3) is 0 Å². The minimum absolute atomic E-state index is 0.0563. The zero-order chi connectivity index (χ0) is 20.9. The van der Waals surface area contributed by atoms with Gasteiger partial charge in [0.05, 0.1) is 17.0 Å². The first-order valence-electron chi connectivity index (χ1n) is 8.20. The van der Waals surface area contributed by atoms with Gasteiger partial charge in [-0.1, -0.05) is 36.0 Å². The Balaban J connectivity index is 1.52. The van der Waals surface area contributed by atoms with Gasteiger partial charge in [0.2, 0.25) is 11.1 Å². The van der Waals surface area contributed by atoms with Gasteiger partial charge in [-0.05, 0) is 24.3 Å². The molecule has 2 aromatic carbocycles. The molecular weight excluding hydrogens is 412 g/mol. The Morgan fingerprint density at radius 1 is 1.14 bits per heavy atom. The lowest BCUT2D eigenvalue weighted by molar-refractivity contribution is -0.137. The number of H-pyrrole nitrogens is 1. The first kappa shape index (κ1) is 20.6. The highest BCUT2D eigenvalue weighted by atomic mass is 32.2.